The molecule has 0 radical (unpaired) electrons. The fourth-order valence-electron chi connectivity index (χ4n) is 2.68. The SMILES string of the molecule is Cc1ccc(-c2cc(=O)cc(-c3ccc(C)c([N+](=O)[O-])c3)o2)cc1[N+](=O)[O-]. The predicted molar refractivity (Wildman–Crippen MR) is 98.6 cm³/mol. The highest BCUT2D eigenvalue weighted by atomic mass is 16.6. The van der Waals surface area contributed by atoms with Crippen LogP contribution in [0.2, 0.25) is 0 Å². The molecule has 3 rings (SSSR count). The highest BCUT2D eigenvalue weighted by Gasteiger charge is 2.16. The largest absolute Gasteiger partial charge is 0.456 e. The van der Waals surface area contributed by atoms with Crippen molar-refractivity contribution < 1.29 is 14.3 Å². The second-order valence-electron chi connectivity index (χ2n) is 6.04. The second-order valence-corrected chi connectivity index (χ2v) is 6.04. The van der Waals surface area contributed by atoms with Gasteiger partial charge in [-0.25, -0.2) is 0 Å². The van der Waals surface area contributed by atoms with Crippen LogP contribution in [-0.2, 0) is 0 Å². The van der Waals surface area contributed by atoms with Crippen LogP contribution in [0.1, 0.15) is 11.1 Å². The van der Waals surface area contributed by atoms with Crippen LogP contribution in [0.4, 0.5) is 11.4 Å². The Morgan fingerprint density at radius 2 is 1.15 bits per heavy atom. The molecule has 0 N–H and O–H groups in total. The van der Waals surface area contributed by atoms with Crippen LogP contribution in [0.25, 0.3) is 22.6 Å². The van der Waals surface area contributed by atoms with Gasteiger partial charge in [0.2, 0.25) is 0 Å². The molecule has 1 aromatic heterocycles. The molecule has 0 aliphatic carbocycles. The minimum Gasteiger partial charge on any atom is -0.456 e. The molecule has 0 spiro atoms. The summed E-state index contributed by atoms with van der Waals surface area (Å²) in [4.78, 5) is 33.4. The van der Waals surface area contributed by atoms with Crippen molar-refractivity contribution in [2.45, 2.75) is 13.8 Å². The van der Waals surface area contributed by atoms with E-state index in [1.807, 2.05) is 0 Å². The van der Waals surface area contributed by atoms with E-state index in [1.54, 1.807) is 38.1 Å². The van der Waals surface area contributed by atoms with E-state index in [-0.39, 0.29) is 28.3 Å². The van der Waals surface area contributed by atoms with E-state index in [0.29, 0.717) is 22.3 Å². The molecule has 0 bridgehead atoms. The standard InChI is InChI=1S/C19H14N2O6/c1-11-3-5-13(7-16(11)20(23)24)18-9-15(22)10-19(27-18)14-6-4-12(2)17(8-14)21(25)26/h3-10H,1-2H3. The summed E-state index contributed by atoms with van der Waals surface area (Å²) in [7, 11) is 0. The maximum atomic E-state index is 12.1. The first-order valence-electron chi connectivity index (χ1n) is 7.92. The van der Waals surface area contributed by atoms with Gasteiger partial charge in [0, 0.05) is 46.5 Å². The van der Waals surface area contributed by atoms with Crippen LogP contribution in [0.3, 0.4) is 0 Å². The molecule has 0 saturated heterocycles. The number of hydrogen-bond acceptors (Lipinski definition) is 6. The van der Waals surface area contributed by atoms with Gasteiger partial charge < -0.3 is 4.42 Å². The van der Waals surface area contributed by atoms with E-state index < -0.39 is 9.85 Å². The van der Waals surface area contributed by atoms with Gasteiger partial charge in [0.25, 0.3) is 11.4 Å². The van der Waals surface area contributed by atoms with Crippen LogP contribution >= 0.6 is 0 Å². The summed E-state index contributed by atoms with van der Waals surface area (Å²) in [6, 6.07) is 11.5. The summed E-state index contributed by atoms with van der Waals surface area (Å²) in [6.07, 6.45) is 0. The zero-order valence-electron chi connectivity index (χ0n) is 14.5. The van der Waals surface area contributed by atoms with Crippen LogP contribution < -0.4 is 5.43 Å². The molecular formula is C19H14N2O6. The predicted octanol–water partition coefficient (Wildman–Crippen LogP) is 4.41. The Labute approximate surface area is 153 Å². The van der Waals surface area contributed by atoms with Crippen LogP contribution in [-0.4, -0.2) is 9.85 Å². The Morgan fingerprint density at radius 1 is 0.741 bits per heavy atom. The lowest BCUT2D eigenvalue weighted by Crippen LogP contribution is -2.00. The summed E-state index contributed by atoms with van der Waals surface area (Å²) in [5.41, 5.74) is 1.14. The fourth-order valence-corrected chi connectivity index (χ4v) is 2.68. The fraction of sp³-hybridized carbons (Fsp3) is 0.105. The van der Waals surface area contributed by atoms with E-state index in [1.165, 1.54) is 24.3 Å². The number of nitro benzene ring substituents is 2. The molecule has 3 aromatic rings. The topological polar surface area (TPSA) is 116 Å². The molecule has 0 aliphatic rings. The molecule has 0 atom stereocenters. The van der Waals surface area contributed by atoms with Gasteiger partial charge in [-0.15, -0.1) is 0 Å². The highest BCUT2D eigenvalue weighted by molar-refractivity contribution is 5.67. The maximum Gasteiger partial charge on any atom is 0.273 e. The van der Waals surface area contributed by atoms with Crippen LogP contribution in [0.5, 0.6) is 0 Å². The first-order valence-corrected chi connectivity index (χ1v) is 7.92. The zero-order valence-corrected chi connectivity index (χ0v) is 14.5. The van der Waals surface area contributed by atoms with Crippen molar-refractivity contribution in [3.05, 3.63) is 90.1 Å². The molecule has 0 fully saturated rings. The van der Waals surface area contributed by atoms with Gasteiger partial charge in [0.05, 0.1) is 9.85 Å². The number of hydrogen-bond donors (Lipinski definition) is 0. The number of nitro groups is 2. The minimum absolute atomic E-state index is 0.0912. The van der Waals surface area contributed by atoms with Crippen molar-refractivity contribution in [1.29, 1.82) is 0 Å². The number of rotatable bonds is 4. The molecule has 1 heterocycles. The molecule has 8 heteroatoms. The van der Waals surface area contributed by atoms with Gasteiger partial charge in [-0.1, -0.05) is 24.3 Å². The normalized spacial score (nSPS) is 10.6. The summed E-state index contributed by atoms with van der Waals surface area (Å²) in [6.45, 7) is 3.22. The number of nitrogens with zero attached hydrogens (tertiary/aromatic N) is 2. The molecular weight excluding hydrogens is 352 g/mol. The van der Waals surface area contributed by atoms with Gasteiger partial charge in [-0.05, 0) is 13.8 Å². The lowest BCUT2D eigenvalue weighted by molar-refractivity contribution is -0.385. The van der Waals surface area contributed by atoms with Crippen molar-refractivity contribution in [1.82, 2.24) is 0 Å². The minimum atomic E-state index is -0.510. The van der Waals surface area contributed by atoms with Gasteiger partial charge in [0.1, 0.15) is 11.5 Å². The maximum absolute atomic E-state index is 12.1. The van der Waals surface area contributed by atoms with Crippen LogP contribution in [0.15, 0.2) is 57.7 Å². The average molecular weight is 366 g/mol. The Balaban J connectivity index is 2.15. The third-order valence-electron chi connectivity index (χ3n) is 4.15. The van der Waals surface area contributed by atoms with Crippen molar-refractivity contribution >= 4 is 11.4 Å². The van der Waals surface area contributed by atoms with E-state index in [2.05, 4.69) is 0 Å². The van der Waals surface area contributed by atoms with Crippen molar-refractivity contribution in [3.8, 4) is 22.6 Å². The third kappa shape index (κ3) is 3.59. The van der Waals surface area contributed by atoms with Crippen molar-refractivity contribution in [2.75, 3.05) is 0 Å². The monoisotopic (exact) mass is 366 g/mol. The summed E-state index contributed by atoms with van der Waals surface area (Å²) >= 11 is 0. The van der Waals surface area contributed by atoms with Crippen molar-refractivity contribution in [3.63, 3.8) is 0 Å². The van der Waals surface area contributed by atoms with Crippen molar-refractivity contribution in [2.24, 2.45) is 0 Å². The summed E-state index contributed by atoms with van der Waals surface area (Å²) in [5, 5.41) is 22.3. The molecule has 0 aliphatic heterocycles. The zero-order chi connectivity index (χ0) is 19.7. The first-order chi connectivity index (χ1) is 12.8. The molecule has 136 valence electrons. The molecule has 2 aromatic carbocycles. The van der Waals surface area contributed by atoms with E-state index >= 15 is 0 Å². The van der Waals surface area contributed by atoms with Gasteiger partial charge >= 0.3 is 0 Å². The Hall–Kier alpha value is -3.81. The highest BCUT2D eigenvalue weighted by Crippen LogP contribution is 2.31. The summed E-state index contributed by atoms with van der Waals surface area (Å²) < 4.78 is 5.73. The Bertz CT molecular complexity index is 1050. The molecule has 0 amide bonds. The first kappa shape index (κ1) is 18.0. The lowest BCUT2D eigenvalue weighted by Gasteiger charge is -2.07. The Morgan fingerprint density at radius 3 is 1.52 bits per heavy atom. The van der Waals surface area contributed by atoms with Gasteiger partial charge in [-0.2, -0.15) is 0 Å². The molecule has 0 saturated carbocycles. The smallest absolute Gasteiger partial charge is 0.273 e. The molecule has 8 nitrogen and oxygen atoms in total. The second kappa shape index (κ2) is 6.83. The Kier molecular flexibility index (Phi) is 4.55. The average Bonchev–Trinajstić information content (AvgIpc) is 2.61. The lowest BCUT2D eigenvalue weighted by atomic mass is 10.1. The number of benzene rings is 2. The van der Waals surface area contributed by atoms with E-state index in [4.69, 9.17) is 4.42 Å². The van der Waals surface area contributed by atoms with Crippen LogP contribution in [0, 0.1) is 34.1 Å². The van der Waals surface area contributed by atoms with Gasteiger partial charge in [0.15, 0.2) is 5.43 Å². The quantitative estimate of drug-likeness (QED) is 0.499. The van der Waals surface area contributed by atoms with E-state index in [9.17, 15) is 25.0 Å². The number of aryl methyl sites for hydroxylation is 2. The molecule has 0 unspecified atom stereocenters. The molecule has 27 heavy (non-hydrogen) atoms. The van der Waals surface area contributed by atoms with E-state index in [0.717, 1.165) is 0 Å². The van der Waals surface area contributed by atoms with Gasteiger partial charge in [-0.3, -0.25) is 25.0 Å². The summed E-state index contributed by atoms with van der Waals surface area (Å²) in [5.74, 6) is 0.285. The third-order valence-corrected chi connectivity index (χ3v) is 4.15.